The largest absolute Gasteiger partial charge is 0.390 e. The number of benzene rings is 2. The Morgan fingerprint density at radius 1 is 0.900 bits per heavy atom. The first-order valence-electron chi connectivity index (χ1n) is 6.40. The van der Waals surface area contributed by atoms with Crippen LogP contribution in [0, 0.1) is 0 Å². The minimum atomic E-state index is -0.101. The molecule has 20 heavy (non-hydrogen) atoms. The van der Waals surface area contributed by atoms with Gasteiger partial charge in [-0.1, -0.05) is 65.8 Å². The van der Waals surface area contributed by atoms with Crippen LogP contribution in [0.15, 0.2) is 65.8 Å². The molecule has 0 saturated carbocycles. The number of Topliss-reactive ketones (excluding diaryl/α,β-unsaturated/α-hetero) is 1. The van der Waals surface area contributed by atoms with Crippen molar-refractivity contribution < 1.29 is 9.63 Å². The van der Waals surface area contributed by atoms with Crippen LogP contribution in [0.1, 0.15) is 21.5 Å². The van der Waals surface area contributed by atoms with Crippen LogP contribution in [0.4, 0.5) is 0 Å². The highest BCUT2D eigenvalue weighted by molar-refractivity contribution is 6.52. The van der Waals surface area contributed by atoms with Crippen LogP contribution < -0.4 is 0 Å². The van der Waals surface area contributed by atoms with E-state index in [2.05, 4.69) is 5.16 Å². The Morgan fingerprint density at radius 3 is 2.50 bits per heavy atom. The summed E-state index contributed by atoms with van der Waals surface area (Å²) in [6.45, 7) is 0.354. The van der Waals surface area contributed by atoms with Gasteiger partial charge in [0.15, 0.2) is 5.71 Å². The lowest BCUT2D eigenvalue weighted by atomic mass is 9.95. The van der Waals surface area contributed by atoms with Gasteiger partial charge in [0.05, 0.1) is 0 Å². The Kier molecular flexibility index (Phi) is 3.42. The average molecular weight is 263 g/mol. The molecule has 0 spiro atoms. The van der Waals surface area contributed by atoms with Gasteiger partial charge in [-0.25, -0.2) is 0 Å². The number of hydrogen-bond acceptors (Lipinski definition) is 3. The second-order valence-electron chi connectivity index (χ2n) is 4.49. The molecule has 98 valence electrons. The predicted molar refractivity (Wildman–Crippen MR) is 78.5 cm³/mol. The van der Waals surface area contributed by atoms with Gasteiger partial charge >= 0.3 is 0 Å². The molecule has 0 fully saturated rings. The molecule has 2 aromatic rings. The molecule has 0 bridgehead atoms. The van der Waals surface area contributed by atoms with Crippen molar-refractivity contribution in [2.24, 2.45) is 5.16 Å². The van der Waals surface area contributed by atoms with Crippen LogP contribution in [-0.2, 0) is 11.4 Å². The average Bonchev–Trinajstić information content (AvgIpc) is 2.51. The van der Waals surface area contributed by atoms with E-state index in [1.165, 1.54) is 0 Å². The fourth-order valence-electron chi connectivity index (χ4n) is 2.05. The summed E-state index contributed by atoms with van der Waals surface area (Å²) < 4.78 is 0. The van der Waals surface area contributed by atoms with Crippen molar-refractivity contribution in [1.82, 2.24) is 0 Å². The van der Waals surface area contributed by atoms with Crippen molar-refractivity contribution >= 4 is 17.6 Å². The number of hydrogen-bond donors (Lipinski definition) is 0. The van der Waals surface area contributed by atoms with Crippen molar-refractivity contribution in [3.63, 3.8) is 0 Å². The molecule has 0 N–H and O–H groups in total. The summed E-state index contributed by atoms with van der Waals surface area (Å²) in [5, 5.41) is 3.94. The summed E-state index contributed by atoms with van der Waals surface area (Å²) in [6, 6.07) is 17.2. The first-order valence-corrected chi connectivity index (χ1v) is 6.40. The lowest BCUT2D eigenvalue weighted by Crippen LogP contribution is -2.17. The van der Waals surface area contributed by atoms with Gasteiger partial charge in [-0.05, 0) is 17.2 Å². The molecule has 0 radical (unpaired) electrons. The molecule has 3 nitrogen and oxygen atoms in total. The van der Waals surface area contributed by atoms with Crippen LogP contribution >= 0.6 is 0 Å². The highest BCUT2D eigenvalue weighted by Crippen LogP contribution is 2.17. The summed E-state index contributed by atoms with van der Waals surface area (Å²) in [5.41, 5.74) is 2.93. The van der Waals surface area contributed by atoms with Gasteiger partial charge in [0, 0.05) is 5.56 Å². The van der Waals surface area contributed by atoms with E-state index in [0.29, 0.717) is 17.9 Å². The van der Waals surface area contributed by atoms with Gasteiger partial charge in [0.2, 0.25) is 5.78 Å². The topological polar surface area (TPSA) is 38.7 Å². The molecule has 1 aliphatic rings. The number of ketones is 1. The molecule has 0 aliphatic heterocycles. The normalized spacial score (nSPS) is 15.2. The summed E-state index contributed by atoms with van der Waals surface area (Å²) in [5.74, 6) is -0.101. The number of carbonyl (C=O) groups excluding carboxylic acids is 1. The number of oxime groups is 1. The second kappa shape index (κ2) is 5.53. The van der Waals surface area contributed by atoms with E-state index in [1.54, 1.807) is 12.1 Å². The molecule has 0 unspecified atom stereocenters. The minimum absolute atomic E-state index is 0.101. The van der Waals surface area contributed by atoms with E-state index in [1.807, 2.05) is 54.6 Å². The second-order valence-corrected chi connectivity index (χ2v) is 4.49. The van der Waals surface area contributed by atoms with Crippen molar-refractivity contribution in [2.75, 3.05) is 0 Å². The standard InChI is InChI=1S/C17H13NO2/c19-17-15-9-5-4-8-14(15)10-11-16(17)18-20-12-13-6-2-1-3-7-13/h1-11H,12H2/b18-16-. The molecular weight excluding hydrogens is 250 g/mol. The molecule has 3 rings (SSSR count). The fourth-order valence-corrected chi connectivity index (χ4v) is 2.05. The van der Waals surface area contributed by atoms with Crippen molar-refractivity contribution in [1.29, 1.82) is 0 Å². The molecule has 2 aromatic carbocycles. The quantitative estimate of drug-likeness (QED) is 0.795. The lowest BCUT2D eigenvalue weighted by Gasteiger charge is -2.10. The van der Waals surface area contributed by atoms with Crippen molar-refractivity contribution in [3.8, 4) is 0 Å². The SMILES string of the molecule is O=C1/C(=N\OCc2ccccc2)C=Cc2ccccc21. The zero-order valence-corrected chi connectivity index (χ0v) is 10.8. The van der Waals surface area contributed by atoms with Crippen LogP contribution in [0.2, 0.25) is 0 Å². The van der Waals surface area contributed by atoms with E-state index >= 15 is 0 Å². The maximum atomic E-state index is 12.2. The molecule has 0 aromatic heterocycles. The Bertz CT molecular complexity index is 687. The van der Waals surface area contributed by atoms with E-state index in [-0.39, 0.29) is 5.78 Å². The third-order valence-corrected chi connectivity index (χ3v) is 3.10. The highest BCUT2D eigenvalue weighted by Gasteiger charge is 2.19. The third kappa shape index (κ3) is 2.52. The maximum absolute atomic E-state index is 12.2. The van der Waals surface area contributed by atoms with E-state index in [0.717, 1.165) is 11.1 Å². The predicted octanol–water partition coefficient (Wildman–Crippen LogP) is 3.47. The van der Waals surface area contributed by atoms with Crippen molar-refractivity contribution in [3.05, 3.63) is 77.4 Å². The number of fused-ring (bicyclic) bond motifs is 1. The molecule has 3 heteroatoms. The Morgan fingerprint density at radius 2 is 1.65 bits per heavy atom. The number of carbonyl (C=O) groups is 1. The van der Waals surface area contributed by atoms with Crippen LogP contribution in [0.5, 0.6) is 0 Å². The van der Waals surface area contributed by atoms with Gasteiger partial charge in [-0.3, -0.25) is 4.79 Å². The van der Waals surface area contributed by atoms with Gasteiger partial charge in [0.25, 0.3) is 0 Å². The van der Waals surface area contributed by atoms with Crippen LogP contribution in [0.25, 0.3) is 6.08 Å². The number of rotatable bonds is 3. The van der Waals surface area contributed by atoms with Gasteiger partial charge < -0.3 is 4.84 Å². The Balaban J connectivity index is 1.73. The Labute approximate surface area is 117 Å². The van der Waals surface area contributed by atoms with E-state index < -0.39 is 0 Å². The van der Waals surface area contributed by atoms with Crippen molar-refractivity contribution in [2.45, 2.75) is 6.61 Å². The molecule has 1 aliphatic carbocycles. The summed E-state index contributed by atoms with van der Waals surface area (Å²) in [7, 11) is 0. The minimum Gasteiger partial charge on any atom is -0.390 e. The van der Waals surface area contributed by atoms with Crippen LogP contribution in [-0.4, -0.2) is 11.5 Å². The molecule has 0 heterocycles. The number of nitrogens with zero attached hydrogens (tertiary/aromatic N) is 1. The maximum Gasteiger partial charge on any atom is 0.215 e. The van der Waals surface area contributed by atoms with Gasteiger partial charge in [-0.15, -0.1) is 0 Å². The first-order chi connectivity index (χ1) is 9.84. The Hall–Kier alpha value is -2.68. The summed E-state index contributed by atoms with van der Waals surface area (Å²) in [6.07, 6.45) is 3.57. The zero-order valence-electron chi connectivity index (χ0n) is 10.8. The first kappa shape index (κ1) is 12.4. The molecule has 0 saturated heterocycles. The smallest absolute Gasteiger partial charge is 0.215 e. The van der Waals surface area contributed by atoms with E-state index in [4.69, 9.17) is 4.84 Å². The lowest BCUT2D eigenvalue weighted by molar-refractivity contribution is 0.103. The van der Waals surface area contributed by atoms with Gasteiger partial charge in [0.1, 0.15) is 6.61 Å². The highest BCUT2D eigenvalue weighted by atomic mass is 16.6. The molecule has 0 atom stereocenters. The monoisotopic (exact) mass is 263 g/mol. The van der Waals surface area contributed by atoms with Gasteiger partial charge in [-0.2, -0.15) is 0 Å². The molecular formula is C17H13NO2. The number of allylic oxidation sites excluding steroid dienone is 1. The van der Waals surface area contributed by atoms with E-state index in [9.17, 15) is 4.79 Å². The third-order valence-electron chi connectivity index (χ3n) is 3.10. The summed E-state index contributed by atoms with van der Waals surface area (Å²) in [4.78, 5) is 17.5. The molecule has 0 amide bonds. The zero-order chi connectivity index (χ0) is 13.8. The summed E-state index contributed by atoms with van der Waals surface area (Å²) >= 11 is 0. The van der Waals surface area contributed by atoms with Crippen LogP contribution in [0.3, 0.4) is 0 Å². The fraction of sp³-hybridized carbons (Fsp3) is 0.0588.